The molecule has 1 saturated carbocycles. The number of nitrogens with one attached hydrogen (secondary N) is 1. The molecule has 1 aliphatic rings. The van der Waals surface area contributed by atoms with Gasteiger partial charge in [0.15, 0.2) is 0 Å². The highest BCUT2D eigenvalue weighted by Gasteiger charge is 2.31. The lowest BCUT2D eigenvalue weighted by molar-refractivity contribution is 0.167. The number of rotatable bonds is 6. The van der Waals surface area contributed by atoms with E-state index in [0.29, 0.717) is 5.41 Å². The minimum Gasteiger partial charge on any atom is -0.337 e. The fourth-order valence-corrected chi connectivity index (χ4v) is 2.99. The summed E-state index contributed by atoms with van der Waals surface area (Å²) in [6, 6.07) is 0.722. The molecule has 0 radical (unpaired) electrons. The van der Waals surface area contributed by atoms with Gasteiger partial charge in [-0.05, 0) is 37.6 Å². The first-order valence-corrected chi connectivity index (χ1v) is 7.38. The molecule has 0 aromatic carbocycles. The predicted molar refractivity (Wildman–Crippen MR) is 75.5 cm³/mol. The van der Waals surface area contributed by atoms with Crippen LogP contribution in [0.25, 0.3) is 0 Å². The van der Waals surface area contributed by atoms with E-state index in [0.717, 1.165) is 19.1 Å². The van der Waals surface area contributed by atoms with Crippen LogP contribution >= 0.6 is 0 Å². The lowest BCUT2D eigenvalue weighted by atomic mass is 9.73. The van der Waals surface area contributed by atoms with E-state index in [2.05, 4.69) is 28.7 Å². The van der Waals surface area contributed by atoms with Gasteiger partial charge in [-0.3, -0.25) is 0 Å². The molecule has 1 heterocycles. The molecule has 0 amide bonds. The molecule has 102 valence electrons. The molecule has 1 N–H and O–H groups in total. The van der Waals surface area contributed by atoms with Crippen LogP contribution in [0.15, 0.2) is 18.7 Å². The summed E-state index contributed by atoms with van der Waals surface area (Å²) < 4.78 is 2.16. The molecule has 1 aromatic heterocycles. The van der Waals surface area contributed by atoms with Crippen LogP contribution in [0.2, 0.25) is 0 Å². The van der Waals surface area contributed by atoms with E-state index >= 15 is 0 Å². The van der Waals surface area contributed by atoms with Gasteiger partial charge in [0.2, 0.25) is 0 Å². The quantitative estimate of drug-likeness (QED) is 0.785. The predicted octanol–water partition coefficient (Wildman–Crippen LogP) is 3.22. The largest absolute Gasteiger partial charge is 0.337 e. The van der Waals surface area contributed by atoms with Crippen LogP contribution in [0.3, 0.4) is 0 Å². The average molecular weight is 249 g/mol. The maximum absolute atomic E-state index is 4.06. The van der Waals surface area contributed by atoms with Crippen molar-refractivity contribution in [3.05, 3.63) is 18.7 Å². The minimum absolute atomic E-state index is 0.489. The molecule has 3 heteroatoms. The second-order valence-electron chi connectivity index (χ2n) is 6.25. The Morgan fingerprint density at radius 3 is 2.94 bits per heavy atom. The molecular weight excluding hydrogens is 222 g/mol. The Labute approximate surface area is 111 Å². The van der Waals surface area contributed by atoms with E-state index < -0.39 is 0 Å². The first kappa shape index (κ1) is 13.6. The van der Waals surface area contributed by atoms with Gasteiger partial charge in [0.1, 0.15) is 0 Å². The van der Waals surface area contributed by atoms with Crippen molar-refractivity contribution in [1.82, 2.24) is 14.9 Å². The number of nitrogens with zero attached hydrogens (tertiary/aromatic N) is 2. The molecule has 1 atom stereocenters. The van der Waals surface area contributed by atoms with Crippen LogP contribution < -0.4 is 5.32 Å². The first-order chi connectivity index (χ1) is 8.68. The van der Waals surface area contributed by atoms with Gasteiger partial charge >= 0.3 is 0 Å². The van der Waals surface area contributed by atoms with Crippen molar-refractivity contribution >= 4 is 0 Å². The maximum Gasteiger partial charge on any atom is 0.0945 e. The zero-order chi connectivity index (χ0) is 12.8. The maximum atomic E-state index is 4.06. The highest BCUT2D eigenvalue weighted by Crippen LogP contribution is 2.35. The van der Waals surface area contributed by atoms with Gasteiger partial charge in [-0.25, -0.2) is 4.98 Å². The lowest BCUT2D eigenvalue weighted by Gasteiger charge is -2.39. The fourth-order valence-electron chi connectivity index (χ4n) is 2.99. The molecule has 1 fully saturated rings. The normalized spacial score (nSPS) is 23.1. The van der Waals surface area contributed by atoms with Gasteiger partial charge in [-0.2, -0.15) is 0 Å². The molecule has 0 spiro atoms. The van der Waals surface area contributed by atoms with Crippen molar-refractivity contribution in [3.8, 4) is 0 Å². The highest BCUT2D eigenvalue weighted by molar-refractivity contribution is 4.87. The summed E-state index contributed by atoms with van der Waals surface area (Å²) in [7, 11) is 0. The Hall–Kier alpha value is -0.830. The number of imidazole rings is 1. The number of aromatic nitrogens is 2. The van der Waals surface area contributed by atoms with Crippen LogP contribution in [0.1, 0.15) is 52.4 Å². The lowest BCUT2D eigenvalue weighted by Crippen LogP contribution is -2.44. The molecule has 0 bridgehead atoms. The Balaban J connectivity index is 1.60. The summed E-state index contributed by atoms with van der Waals surface area (Å²) in [4.78, 5) is 4.06. The van der Waals surface area contributed by atoms with Gasteiger partial charge < -0.3 is 9.88 Å². The highest BCUT2D eigenvalue weighted by atomic mass is 15.0. The summed E-state index contributed by atoms with van der Waals surface area (Å²) in [5.74, 6) is 0. The van der Waals surface area contributed by atoms with Crippen LogP contribution in [-0.4, -0.2) is 22.1 Å². The van der Waals surface area contributed by atoms with E-state index in [4.69, 9.17) is 0 Å². The third-order valence-corrected chi connectivity index (χ3v) is 4.30. The molecule has 1 aromatic rings. The second-order valence-corrected chi connectivity index (χ2v) is 6.25. The fraction of sp³-hybridized carbons (Fsp3) is 0.800. The zero-order valence-corrected chi connectivity index (χ0v) is 11.9. The first-order valence-electron chi connectivity index (χ1n) is 7.38. The van der Waals surface area contributed by atoms with Crippen molar-refractivity contribution in [1.29, 1.82) is 0 Å². The Morgan fingerprint density at radius 2 is 2.22 bits per heavy atom. The van der Waals surface area contributed by atoms with Crippen molar-refractivity contribution in [2.45, 2.75) is 65.0 Å². The minimum atomic E-state index is 0.489. The van der Waals surface area contributed by atoms with Crippen molar-refractivity contribution in [3.63, 3.8) is 0 Å². The van der Waals surface area contributed by atoms with E-state index in [1.54, 1.807) is 0 Å². The zero-order valence-electron chi connectivity index (χ0n) is 11.9. The molecule has 1 unspecified atom stereocenters. The van der Waals surface area contributed by atoms with E-state index in [1.807, 2.05) is 18.7 Å². The smallest absolute Gasteiger partial charge is 0.0945 e. The molecule has 1 aliphatic carbocycles. The molecular formula is C15H27N3. The molecule has 0 saturated heterocycles. The third kappa shape index (κ3) is 3.84. The topological polar surface area (TPSA) is 29.9 Å². The third-order valence-electron chi connectivity index (χ3n) is 4.30. The van der Waals surface area contributed by atoms with Crippen molar-refractivity contribution < 1.29 is 0 Å². The monoisotopic (exact) mass is 249 g/mol. The summed E-state index contributed by atoms with van der Waals surface area (Å²) in [6.07, 6.45) is 13.8. The van der Waals surface area contributed by atoms with Gasteiger partial charge in [0, 0.05) is 25.0 Å². The SMILES string of the molecule is CC1(C)CCCCC1NCCCCn1ccnc1. The van der Waals surface area contributed by atoms with E-state index in [9.17, 15) is 0 Å². The van der Waals surface area contributed by atoms with E-state index in [-0.39, 0.29) is 0 Å². The average Bonchev–Trinajstić information content (AvgIpc) is 2.83. The van der Waals surface area contributed by atoms with Crippen molar-refractivity contribution in [2.75, 3.05) is 6.54 Å². The Bertz CT molecular complexity index is 330. The van der Waals surface area contributed by atoms with Gasteiger partial charge in [0.25, 0.3) is 0 Å². The van der Waals surface area contributed by atoms with Crippen LogP contribution in [-0.2, 0) is 6.54 Å². The second kappa shape index (κ2) is 6.37. The number of hydrogen-bond acceptors (Lipinski definition) is 2. The van der Waals surface area contributed by atoms with Crippen LogP contribution in [0.4, 0.5) is 0 Å². The molecule has 0 aliphatic heterocycles. The van der Waals surface area contributed by atoms with Crippen molar-refractivity contribution in [2.24, 2.45) is 5.41 Å². The number of unbranched alkanes of at least 4 members (excludes halogenated alkanes) is 1. The van der Waals surface area contributed by atoms with Crippen LogP contribution in [0.5, 0.6) is 0 Å². The number of hydrogen-bond donors (Lipinski definition) is 1. The van der Waals surface area contributed by atoms with Gasteiger partial charge in [-0.1, -0.05) is 26.7 Å². The molecule has 18 heavy (non-hydrogen) atoms. The Kier molecular flexibility index (Phi) is 4.81. The standard InChI is InChI=1S/C15H27N3/c1-15(2)8-4-3-7-14(15)17-9-5-6-11-18-12-10-16-13-18/h10,12-14,17H,3-9,11H2,1-2H3. The van der Waals surface area contributed by atoms with E-state index in [1.165, 1.54) is 38.5 Å². The summed E-state index contributed by atoms with van der Waals surface area (Å²) in [5, 5.41) is 3.77. The Morgan fingerprint density at radius 1 is 1.33 bits per heavy atom. The molecule has 2 rings (SSSR count). The number of aryl methyl sites for hydroxylation is 1. The molecule has 3 nitrogen and oxygen atoms in total. The van der Waals surface area contributed by atoms with Gasteiger partial charge in [0.05, 0.1) is 6.33 Å². The summed E-state index contributed by atoms with van der Waals surface area (Å²) in [5.41, 5.74) is 0.489. The summed E-state index contributed by atoms with van der Waals surface area (Å²) in [6.45, 7) is 7.07. The van der Waals surface area contributed by atoms with Crippen LogP contribution in [0, 0.1) is 5.41 Å². The van der Waals surface area contributed by atoms with Gasteiger partial charge in [-0.15, -0.1) is 0 Å². The summed E-state index contributed by atoms with van der Waals surface area (Å²) >= 11 is 0.